The number of nitrogens with zero attached hydrogens (tertiary/aromatic N) is 1. The molecule has 0 saturated carbocycles. The van der Waals surface area contributed by atoms with E-state index in [4.69, 9.17) is 9.15 Å². The number of piperidine rings is 1. The van der Waals surface area contributed by atoms with Crippen LogP contribution in [0.1, 0.15) is 40.9 Å². The standard InChI is InChI=1S/C23H30N2O6S/c1-15-12-16(2)18(4)22(17(15)3)32(28,29)25-9-7-19(8-10-25)23(27)31-14-21(26)24-13-20-6-5-11-30-20/h5-6,11-12,19H,7-10,13-14H2,1-4H3,(H,24,26). The van der Waals surface area contributed by atoms with E-state index in [1.807, 2.05) is 33.8 Å². The summed E-state index contributed by atoms with van der Waals surface area (Å²) in [6.07, 6.45) is 2.22. The maximum absolute atomic E-state index is 13.3. The number of nitrogens with one attached hydrogen (secondary N) is 1. The minimum absolute atomic E-state index is 0.219. The highest BCUT2D eigenvalue weighted by Crippen LogP contribution is 2.31. The lowest BCUT2D eigenvalue weighted by Gasteiger charge is -2.31. The van der Waals surface area contributed by atoms with Gasteiger partial charge in [0.1, 0.15) is 5.76 Å². The summed E-state index contributed by atoms with van der Waals surface area (Å²) in [5.41, 5.74) is 3.40. The molecule has 3 rings (SSSR count). The topological polar surface area (TPSA) is 106 Å². The van der Waals surface area contributed by atoms with Crippen molar-refractivity contribution in [3.05, 3.63) is 52.5 Å². The Morgan fingerprint density at radius 2 is 1.75 bits per heavy atom. The molecule has 0 aliphatic carbocycles. The Morgan fingerprint density at radius 1 is 1.12 bits per heavy atom. The molecular formula is C23H30N2O6S. The number of ether oxygens (including phenoxy) is 1. The number of esters is 1. The Balaban J connectivity index is 1.54. The summed E-state index contributed by atoms with van der Waals surface area (Å²) in [5.74, 6) is -0.724. The Morgan fingerprint density at radius 3 is 2.31 bits per heavy atom. The predicted molar refractivity (Wildman–Crippen MR) is 118 cm³/mol. The second-order valence-electron chi connectivity index (χ2n) is 8.23. The highest BCUT2D eigenvalue weighted by molar-refractivity contribution is 7.89. The number of sulfonamides is 1. The van der Waals surface area contributed by atoms with Gasteiger partial charge >= 0.3 is 5.97 Å². The van der Waals surface area contributed by atoms with Crippen molar-refractivity contribution in [3.63, 3.8) is 0 Å². The van der Waals surface area contributed by atoms with Crippen LogP contribution in [0.25, 0.3) is 0 Å². The van der Waals surface area contributed by atoms with Crippen molar-refractivity contribution in [3.8, 4) is 0 Å². The number of aryl methyl sites for hydroxylation is 2. The average molecular weight is 463 g/mol. The third kappa shape index (κ3) is 5.21. The summed E-state index contributed by atoms with van der Waals surface area (Å²) in [7, 11) is -3.66. The van der Waals surface area contributed by atoms with Crippen LogP contribution in [0, 0.1) is 33.6 Å². The summed E-state index contributed by atoms with van der Waals surface area (Å²) in [6.45, 7) is 7.79. The van der Waals surface area contributed by atoms with Crippen LogP contribution in [0.3, 0.4) is 0 Å². The first-order valence-corrected chi connectivity index (χ1v) is 12.1. The number of rotatable bonds is 7. The number of carbonyl (C=O) groups is 2. The number of amides is 1. The molecule has 1 aliphatic heterocycles. The van der Waals surface area contributed by atoms with Gasteiger partial charge in [0.25, 0.3) is 5.91 Å². The lowest BCUT2D eigenvalue weighted by Crippen LogP contribution is -2.41. The molecule has 0 unspecified atom stereocenters. The summed E-state index contributed by atoms with van der Waals surface area (Å²) >= 11 is 0. The average Bonchev–Trinajstić information content (AvgIpc) is 3.28. The SMILES string of the molecule is Cc1cc(C)c(C)c(S(=O)(=O)N2CCC(C(=O)OCC(=O)NCc3ccco3)CC2)c1C. The molecule has 1 saturated heterocycles. The van der Waals surface area contributed by atoms with Gasteiger partial charge in [-0.15, -0.1) is 0 Å². The summed E-state index contributed by atoms with van der Waals surface area (Å²) in [5, 5.41) is 2.61. The molecule has 1 N–H and O–H groups in total. The Kier molecular flexibility index (Phi) is 7.40. The Labute approximate surface area is 189 Å². The third-order valence-corrected chi connectivity index (χ3v) is 8.24. The van der Waals surface area contributed by atoms with Gasteiger partial charge in [-0.2, -0.15) is 4.31 Å². The molecule has 1 fully saturated rings. The van der Waals surface area contributed by atoms with Crippen molar-refractivity contribution in [2.45, 2.75) is 52.0 Å². The van der Waals surface area contributed by atoms with Gasteiger partial charge in [0.2, 0.25) is 10.0 Å². The molecule has 0 radical (unpaired) electrons. The van der Waals surface area contributed by atoms with Crippen molar-refractivity contribution >= 4 is 21.9 Å². The lowest BCUT2D eigenvalue weighted by molar-refractivity contribution is -0.153. The van der Waals surface area contributed by atoms with Crippen LogP contribution in [-0.4, -0.2) is 44.3 Å². The van der Waals surface area contributed by atoms with Gasteiger partial charge in [-0.25, -0.2) is 8.42 Å². The second-order valence-corrected chi connectivity index (χ2v) is 10.1. The van der Waals surface area contributed by atoms with Crippen molar-refractivity contribution < 1.29 is 27.2 Å². The van der Waals surface area contributed by atoms with Crippen LogP contribution >= 0.6 is 0 Å². The van der Waals surface area contributed by atoms with Crippen LogP contribution in [0.4, 0.5) is 0 Å². The maximum Gasteiger partial charge on any atom is 0.309 e. The maximum atomic E-state index is 13.3. The summed E-state index contributed by atoms with van der Waals surface area (Å²) < 4.78 is 38.4. The number of hydrogen-bond donors (Lipinski definition) is 1. The zero-order chi connectivity index (χ0) is 23.5. The van der Waals surface area contributed by atoms with Gasteiger partial charge in [-0.1, -0.05) is 6.07 Å². The summed E-state index contributed by atoms with van der Waals surface area (Å²) in [6, 6.07) is 5.45. The van der Waals surface area contributed by atoms with Gasteiger partial charge in [0, 0.05) is 13.1 Å². The fraction of sp³-hybridized carbons (Fsp3) is 0.478. The third-order valence-electron chi connectivity index (χ3n) is 6.07. The largest absolute Gasteiger partial charge is 0.467 e. The zero-order valence-corrected chi connectivity index (χ0v) is 19.8. The fourth-order valence-electron chi connectivity index (χ4n) is 3.93. The van der Waals surface area contributed by atoms with E-state index in [0.29, 0.717) is 23.5 Å². The van der Waals surface area contributed by atoms with E-state index in [2.05, 4.69) is 5.32 Å². The molecule has 32 heavy (non-hydrogen) atoms. The van der Waals surface area contributed by atoms with E-state index in [9.17, 15) is 18.0 Å². The van der Waals surface area contributed by atoms with Gasteiger partial charge in [0.15, 0.2) is 6.61 Å². The molecule has 0 spiro atoms. The molecule has 1 aromatic carbocycles. The molecule has 0 bridgehead atoms. The molecular weight excluding hydrogens is 432 g/mol. The molecule has 9 heteroatoms. The van der Waals surface area contributed by atoms with Crippen molar-refractivity contribution in [1.82, 2.24) is 9.62 Å². The van der Waals surface area contributed by atoms with Crippen LogP contribution in [0.2, 0.25) is 0 Å². The molecule has 0 atom stereocenters. The smallest absolute Gasteiger partial charge is 0.309 e. The van der Waals surface area contributed by atoms with Crippen LogP contribution < -0.4 is 5.32 Å². The quantitative estimate of drug-likeness (QED) is 0.634. The first kappa shape index (κ1) is 24.0. The fourth-order valence-corrected chi connectivity index (χ4v) is 5.98. The number of furan rings is 1. The first-order chi connectivity index (χ1) is 15.1. The van der Waals surface area contributed by atoms with E-state index in [1.165, 1.54) is 10.6 Å². The van der Waals surface area contributed by atoms with Crippen LogP contribution in [-0.2, 0) is 30.9 Å². The van der Waals surface area contributed by atoms with Gasteiger partial charge in [0.05, 0.1) is 23.6 Å². The van der Waals surface area contributed by atoms with E-state index in [-0.39, 0.29) is 26.2 Å². The lowest BCUT2D eigenvalue weighted by atomic mass is 9.98. The van der Waals surface area contributed by atoms with Crippen molar-refractivity contribution in [1.29, 1.82) is 0 Å². The summed E-state index contributed by atoms with van der Waals surface area (Å²) in [4.78, 5) is 24.6. The first-order valence-electron chi connectivity index (χ1n) is 10.6. The van der Waals surface area contributed by atoms with Crippen LogP contribution in [0.15, 0.2) is 33.8 Å². The molecule has 2 heterocycles. The Hall–Kier alpha value is -2.65. The number of carbonyl (C=O) groups excluding carboxylic acids is 2. The molecule has 2 aromatic rings. The predicted octanol–water partition coefficient (Wildman–Crippen LogP) is 2.77. The van der Waals surface area contributed by atoms with E-state index in [0.717, 1.165) is 22.3 Å². The van der Waals surface area contributed by atoms with Gasteiger partial charge in [-0.3, -0.25) is 9.59 Å². The van der Waals surface area contributed by atoms with E-state index < -0.39 is 27.8 Å². The number of benzene rings is 1. The molecule has 1 amide bonds. The molecule has 1 aliphatic rings. The van der Waals surface area contributed by atoms with E-state index >= 15 is 0 Å². The van der Waals surface area contributed by atoms with Gasteiger partial charge in [-0.05, 0) is 74.9 Å². The zero-order valence-electron chi connectivity index (χ0n) is 18.9. The van der Waals surface area contributed by atoms with E-state index in [1.54, 1.807) is 12.1 Å². The van der Waals surface area contributed by atoms with Crippen molar-refractivity contribution in [2.24, 2.45) is 5.92 Å². The second kappa shape index (κ2) is 9.87. The van der Waals surface area contributed by atoms with Crippen molar-refractivity contribution in [2.75, 3.05) is 19.7 Å². The normalized spacial score (nSPS) is 15.5. The monoisotopic (exact) mass is 462 g/mol. The van der Waals surface area contributed by atoms with Gasteiger partial charge < -0.3 is 14.5 Å². The van der Waals surface area contributed by atoms with Crippen LogP contribution in [0.5, 0.6) is 0 Å². The molecule has 174 valence electrons. The minimum Gasteiger partial charge on any atom is -0.467 e. The highest BCUT2D eigenvalue weighted by Gasteiger charge is 2.35. The molecule has 8 nitrogen and oxygen atoms in total. The number of hydrogen-bond acceptors (Lipinski definition) is 6. The highest BCUT2D eigenvalue weighted by atomic mass is 32.2. The molecule has 1 aromatic heterocycles. The minimum atomic E-state index is -3.66. The Bertz CT molecular complexity index is 1060.